The number of benzene rings is 2. The Morgan fingerprint density at radius 2 is 1.85 bits per heavy atom. The summed E-state index contributed by atoms with van der Waals surface area (Å²) in [6.07, 6.45) is 1.64. The number of nitrogens with zero attached hydrogens (tertiary/aromatic N) is 1. The number of aliphatic hydroxyl groups is 1. The lowest BCUT2D eigenvalue weighted by Crippen LogP contribution is -2.16. The lowest BCUT2D eigenvalue weighted by molar-refractivity contribution is 0.251. The molecular formula is C21H16FNO4. The number of furan rings is 1. The largest absolute Gasteiger partial charge is 0.489 e. The minimum atomic E-state index is -0.304. The van der Waals surface area contributed by atoms with Gasteiger partial charge in [-0.25, -0.2) is 4.39 Å². The highest BCUT2D eigenvalue weighted by molar-refractivity contribution is 5.80. The molecule has 2 aromatic heterocycles. The average molecular weight is 365 g/mol. The van der Waals surface area contributed by atoms with Crippen molar-refractivity contribution in [1.29, 1.82) is 0 Å². The van der Waals surface area contributed by atoms with Crippen LogP contribution in [0.4, 0.5) is 4.39 Å². The third-order valence-electron chi connectivity index (χ3n) is 4.19. The Morgan fingerprint density at radius 1 is 1.04 bits per heavy atom. The van der Waals surface area contributed by atoms with Crippen LogP contribution in [0, 0.1) is 5.82 Å². The van der Waals surface area contributed by atoms with Crippen molar-refractivity contribution >= 4 is 11.0 Å². The number of aromatic nitrogens is 1. The predicted octanol–water partition coefficient (Wildman–Crippen LogP) is 3.79. The van der Waals surface area contributed by atoms with E-state index in [1.807, 2.05) is 6.07 Å². The summed E-state index contributed by atoms with van der Waals surface area (Å²) in [6.45, 7) is 0.0682. The number of fused-ring (bicyclic) bond motifs is 1. The second kappa shape index (κ2) is 7.09. The molecule has 0 spiro atoms. The van der Waals surface area contributed by atoms with Gasteiger partial charge in [0.25, 0.3) is 5.56 Å². The highest BCUT2D eigenvalue weighted by atomic mass is 19.1. The fourth-order valence-electron chi connectivity index (χ4n) is 2.82. The molecule has 0 radical (unpaired) electrons. The normalized spacial score (nSPS) is 11.0. The Kier molecular flexibility index (Phi) is 4.48. The molecule has 0 amide bonds. The van der Waals surface area contributed by atoms with Gasteiger partial charge in [0.15, 0.2) is 0 Å². The van der Waals surface area contributed by atoms with Crippen molar-refractivity contribution in [3.8, 4) is 11.4 Å². The summed E-state index contributed by atoms with van der Waals surface area (Å²) in [5.41, 5.74) is 1.90. The van der Waals surface area contributed by atoms with Gasteiger partial charge in [0, 0.05) is 23.3 Å². The Hall–Kier alpha value is -3.38. The van der Waals surface area contributed by atoms with Crippen LogP contribution in [0.5, 0.6) is 5.75 Å². The van der Waals surface area contributed by atoms with E-state index >= 15 is 0 Å². The monoisotopic (exact) mass is 365 g/mol. The standard InChI is InChI=1S/C21H16FNO4/c22-16-3-1-14(2-4-16)13-26-18-7-8-23(21(25)11-18)17-5-6-20-15(9-17)10-19(12-24)27-20/h1-11,24H,12-13H2. The maximum absolute atomic E-state index is 12.9. The van der Waals surface area contributed by atoms with Gasteiger partial charge in [0.1, 0.15) is 36.1 Å². The molecule has 27 heavy (non-hydrogen) atoms. The Labute approximate surface area is 153 Å². The van der Waals surface area contributed by atoms with Gasteiger partial charge in [0.05, 0.1) is 0 Å². The van der Waals surface area contributed by atoms with Crippen LogP contribution < -0.4 is 10.3 Å². The van der Waals surface area contributed by atoms with Crippen LogP contribution in [0.1, 0.15) is 11.3 Å². The maximum atomic E-state index is 12.9. The highest BCUT2D eigenvalue weighted by Gasteiger charge is 2.07. The van der Waals surface area contributed by atoms with E-state index in [1.165, 1.54) is 22.8 Å². The summed E-state index contributed by atoms with van der Waals surface area (Å²) in [5, 5.41) is 9.97. The molecule has 2 aromatic carbocycles. The zero-order chi connectivity index (χ0) is 18.8. The number of hydrogen-bond donors (Lipinski definition) is 1. The summed E-state index contributed by atoms with van der Waals surface area (Å²) in [7, 11) is 0. The quantitative estimate of drug-likeness (QED) is 0.584. The van der Waals surface area contributed by atoms with Crippen LogP contribution in [0.3, 0.4) is 0 Å². The van der Waals surface area contributed by atoms with Gasteiger partial charge in [-0.15, -0.1) is 0 Å². The van der Waals surface area contributed by atoms with E-state index in [2.05, 4.69) is 0 Å². The average Bonchev–Trinajstić information content (AvgIpc) is 3.10. The van der Waals surface area contributed by atoms with Crippen molar-refractivity contribution in [2.75, 3.05) is 0 Å². The third kappa shape index (κ3) is 3.61. The van der Waals surface area contributed by atoms with Crippen LogP contribution in [0.15, 0.2) is 76.1 Å². The van der Waals surface area contributed by atoms with Gasteiger partial charge in [-0.2, -0.15) is 0 Å². The molecule has 0 aliphatic heterocycles. The van der Waals surface area contributed by atoms with Crippen molar-refractivity contribution in [1.82, 2.24) is 4.57 Å². The maximum Gasteiger partial charge on any atom is 0.258 e. The van der Waals surface area contributed by atoms with E-state index in [4.69, 9.17) is 14.3 Å². The molecule has 0 saturated heterocycles. The van der Waals surface area contributed by atoms with Gasteiger partial charge >= 0.3 is 0 Å². The van der Waals surface area contributed by atoms with Crippen LogP contribution in [-0.2, 0) is 13.2 Å². The SMILES string of the molecule is O=c1cc(OCc2ccc(F)cc2)ccn1-c1ccc2oc(CO)cc2c1. The van der Waals surface area contributed by atoms with Crippen molar-refractivity contribution < 1.29 is 18.7 Å². The first-order valence-electron chi connectivity index (χ1n) is 8.36. The molecular weight excluding hydrogens is 349 g/mol. The molecule has 0 saturated carbocycles. The molecule has 4 rings (SSSR count). The second-order valence-electron chi connectivity index (χ2n) is 6.08. The number of aliphatic hydroxyl groups excluding tert-OH is 1. The first kappa shape index (κ1) is 17.1. The van der Waals surface area contributed by atoms with E-state index in [-0.39, 0.29) is 24.6 Å². The van der Waals surface area contributed by atoms with Crippen LogP contribution in [-0.4, -0.2) is 9.67 Å². The molecule has 0 fully saturated rings. The lowest BCUT2D eigenvalue weighted by Gasteiger charge is -2.09. The van der Waals surface area contributed by atoms with Crippen molar-refractivity contribution in [3.63, 3.8) is 0 Å². The molecule has 1 N–H and O–H groups in total. The molecule has 0 unspecified atom stereocenters. The molecule has 0 bridgehead atoms. The lowest BCUT2D eigenvalue weighted by atomic mass is 10.2. The first-order chi connectivity index (χ1) is 13.1. The smallest absolute Gasteiger partial charge is 0.258 e. The summed E-state index contributed by atoms with van der Waals surface area (Å²) >= 11 is 0. The molecule has 4 aromatic rings. The Morgan fingerprint density at radius 3 is 2.59 bits per heavy atom. The number of halogens is 1. The molecule has 136 valence electrons. The minimum absolute atomic E-state index is 0.177. The van der Waals surface area contributed by atoms with Gasteiger partial charge in [-0.05, 0) is 48.0 Å². The summed E-state index contributed by atoms with van der Waals surface area (Å²) in [5.74, 6) is 0.605. The molecule has 0 aliphatic rings. The van der Waals surface area contributed by atoms with E-state index in [1.54, 1.807) is 42.6 Å². The second-order valence-corrected chi connectivity index (χ2v) is 6.08. The predicted molar refractivity (Wildman–Crippen MR) is 98.5 cm³/mol. The number of rotatable bonds is 5. The van der Waals surface area contributed by atoms with Crippen LogP contribution in [0.2, 0.25) is 0 Å². The van der Waals surface area contributed by atoms with Crippen molar-refractivity contribution in [2.45, 2.75) is 13.2 Å². The molecule has 0 atom stereocenters. The van der Waals surface area contributed by atoms with Gasteiger partial charge in [-0.3, -0.25) is 9.36 Å². The molecule has 6 heteroatoms. The molecule has 0 aliphatic carbocycles. The number of ether oxygens (including phenoxy) is 1. The highest BCUT2D eigenvalue weighted by Crippen LogP contribution is 2.22. The van der Waals surface area contributed by atoms with Crippen LogP contribution >= 0.6 is 0 Å². The van der Waals surface area contributed by atoms with E-state index in [0.717, 1.165) is 10.9 Å². The molecule has 2 heterocycles. The summed E-state index contributed by atoms with van der Waals surface area (Å²) in [4.78, 5) is 12.5. The van der Waals surface area contributed by atoms with E-state index in [0.29, 0.717) is 22.8 Å². The summed E-state index contributed by atoms with van der Waals surface area (Å²) in [6, 6.07) is 16.2. The fraction of sp³-hybridized carbons (Fsp3) is 0.0952. The summed E-state index contributed by atoms with van der Waals surface area (Å²) < 4.78 is 25.5. The topological polar surface area (TPSA) is 64.6 Å². The Bertz CT molecular complexity index is 1150. The fourth-order valence-corrected chi connectivity index (χ4v) is 2.82. The minimum Gasteiger partial charge on any atom is -0.489 e. The van der Waals surface area contributed by atoms with Gasteiger partial charge < -0.3 is 14.3 Å². The zero-order valence-electron chi connectivity index (χ0n) is 14.3. The first-order valence-corrected chi connectivity index (χ1v) is 8.36. The third-order valence-corrected chi connectivity index (χ3v) is 4.19. The number of pyridine rings is 1. The number of hydrogen-bond acceptors (Lipinski definition) is 4. The van der Waals surface area contributed by atoms with Crippen LogP contribution in [0.25, 0.3) is 16.7 Å². The molecule has 5 nitrogen and oxygen atoms in total. The van der Waals surface area contributed by atoms with E-state index < -0.39 is 0 Å². The Balaban J connectivity index is 1.56. The van der Waals surface area contributed by atoms with Gasteiger partial charge in [-0.1, -0.05) is 12.1 Å². The van der Waals surface area contributed by atoms with E-state index in [9.17, 15) is 9.18 Å². The van der Waals surface area contributed by atoms with Crippen molar-refractivity contribution in [2.24, 2.45) is 0 Å². The van der Waals surface area contributed by atoms with Gasteiger partial charge in [0.2, 0.25) is 0 Å². The van der Waals surface area contributed by atoms with Crippen molar-refractivity contribution in [3.05, 3.63) is 94.4 Å². The zero-order valence-corrected chi connectivity index (χ0v) is 14.3.